The largest absolute Gasteiger partial charge is 0.399 e. The van der Waals surface area contributed by atoms with Crippen molar-refractivity contribution in [3.63, 3.8) is 0 Å². The molecule has 0 fully saturated rings. The lowest BCUT2D eigenvalue weighted by molar-refractivity contribution is 0.242. The summed E-state index contributed by atoms with van der Waals surface area (Å²) in [4.78, 5) is 0. The third-order valence-electron chi connectivity index (χ3n) is 0.780. The van der Waals surface area contributed by atoms with Crippen molar-refractivity contribution in [3.8, 4) is 0 Å². The van der Waals surface area contributed by atoms with Gasteiger partial charge in [0, 0.05) is 0 Å². The molecular formula is C4H11NO4S. The maximum Gasteiger partial charge on any atom is 0.399 e. The monoisotopic (exact) mass is 169 g/mol. The lowest BCUT2D eigenvalue weighted by Gasteiger charge is -1.99. The van der Waals surface area contributed by atoms with E-state index < -0.39 is 10.4 Å². The van der Waals surface area contributed by atoms with Crippen molar-refractivity contribution in [3.05, 3.63) is 0 Å². The molecule has 0 atom stereocenters. The summed E-state index contributed by atoms with van der Waals surface area (Å²) in [6, 6.07) is 0. The summed E-state index contributed by atoms with van der Waals surface area (Å²) in [5.74, 6) is 0. The summed E-state index contributed by atoms with van der Waals surface area (Å²) in [5, 5.41) is 0. The first-order chi connectivity index (χ1) is 4.62. The molecule has 0 aromatic heterocycles. The zero-order chi connectivity index (χ0) is 8.04. The van der Waals surface area contributed by atoms with Gasteiger partial charge in [-0.15, -0.1) is 0 Å². The van der Waals surface area contributed by atoms with Crippen LogP contribution < -0.4 is 5.73 Å². The maximum atomic E-state index is 10.4. The lowest BCUT2D eigenvalue weighted by atomic mass is 10.5. The summed E-state index contributed by atoms with van der Waals surface area (Å²) in [5.41, 5.74) is 5.08. The molecule has 0 radical (unpaired) electrons. The molecule has 0 unspecified atom stereocenters. The second-order valence-corrected chi connectivity index (χ2v) is 2.92. The Bertz CT molecular complexity index is 164. The van der Waals surface area contributed by atoms with Crippen LogP contribution in [0.4, 0.5) is 0 Å². The van der Waals surface area contributed by atoms with Gasteiger partial charge in [0.1, 0.15) is 0 Å². The van der Waals surface area contributed by atoms with Crippen LogP contribution in [-0.2, 0) is 18.8 Å². The minimum atomic E-state index is -3.75. The number of hydrogen-bond acceptors (Lipinski definition) is 5. The van der Waals surface area contributed by atoms with Crippen LogP contribution in [0.15, 0.2) is 0 Å². The van der Waals surface area contributed by atoms with E-state index in [0.29, 0.717) is 13.0 Å². The molecule has 0 spiro atoms. The lowest BCUT2D eigenvalue weighted by Crippen LogP contribution is -2.11. The van der Waals surface area contributed by atoms with Crippen molar-refractivity contribution in [1.29, 1.82) is 0 Å². The van der Waals surface area contributed by atoms with Crippen molar-refractivity contribution in [2.24, 2.45) is 5.73 Å². The van der Waals surface area contributed by atoms with Crippen molar-refractivity contribution < 1.29 is 16.8 Å². The summed E-state index contributed by atoms with van der Waals surface area (Å²) in [6.45, 7) is 0.478. The summed E-state index contributed by atoms with van der Waals surface area (Å²) in [6.07, 6.45) is 0.503. The Labute approximate surface area is 60.4 Å². The van der Waals surface area contributed by atoms with E-state index in [1.165, 1.54) is 0 Å². The van der Waals surface area contributed by atoms with E-state index in [1.54, 1.807) is 0 Å². The molecule has 62 valence electrons. The highest BCUT2D eigenvalue weighted by molar-refractivity contribution is 7.81. The molecule has 0 heterocycles. The third-order valence-corrected chi connectivity index (χ3v) is 1.64. The molecule has 6 heteroatoms. The predicted octanol–water partition coefficient (Wildman–Crippen LogP) is -0.757. The highest BCUT2D eigenvalue weighted by Gasteiger charge is 2.06. The molecular weight excluding hydrogens is 158 g/mol. The van der Waals surface area contributed by atoms with Gasteiger partial charge in [-0.25, -0.2) is 4.18 Å². The van der Waals surface area contributed by atoms with Crippen LogP contribution in [0, 0.1) is 0 Å². The van der Waals surface area contributed by atoms with Crippen LogP contribution in [0.5, 0.6) is 0 Å². The van der Waals surface area contributed by atoms with Gasteiger partial charge >= 0.3 is 10.4 Å². The molecule has 0 aliphatic carbocycles. The molecule has 0 aliphatic rings. The fourth-order valence-corrected chi connectivity index (χ4v) is 0.711. The van der Waals surface area contributed by atoms with Crippen LogP contribution in [0.1, 0.15) is 6.42 Å². The van der Waals surface area contributed by atoms with Crippen LogP contribution in [0.3, 0.4) is 0 Å². The number of rotatable bonds is 5. The quantitative estimate of drug-likeness (QED) is 0.547. The minimum Gasteiger partial charge on any atom is -0.330 e. The summed E-state index contributed by atoms with van der Waals surface area (Å²) >= 11 is 0. The van der Waals surface area contributed by atoms with Gasteiger partial charge in [0.15, 0.2) is 0 Å². The fraction of sp³-hybridized carbons (Fsp3) is 1.00. The van der Waals surface area contributed by atoms with E-state index >= 15 is 0 Å². The SMILES string of the molecule is COS(=O)(=O)OCCCN. The Morgan fingerprint density at radius 1 is 1.50 bits per heavy atom. The average Bonchev–Trinajstić information content (AvgIpc) is 1.89. The standard InChI is InChI=1S/C4H11NO4S/c1-8-10(6,7)9-4-2-3-5/h2-5H2,1H3. The normalized spacial score (nSPS) is 11.8. The van der Waals surface area contributed by atoms with Gasteiger partial charge in [0.2, 0.25) is 0 Å². The number of nitrogens with two attached hydrogens (primary N) is 1. The molecule has 5 nitrogen and oxygen atoms in total. The molecule has 0 saturated carbocycles. The first-order valence-corrected chi connectivity index (χ1v) is 4.11. The average molecular weight is 169 g/mol. The second kappa shape index (κ2) is 4.62. The molecule has 0 bridgehead atoms. The van der Waals surface area contributed by atoms with Crippen LogP contribution in [0.2, 0.25) is 0 Å². The highest BCUT2D eigenvalue weighted by atomic mass is 32.3. The molecule has 0 aromatic carbocycles. The van der Waals surface area contributed by atoms with Gasteiger partial charge in [0.25, 0.3) is 0 Å². The highest BCUT2D eigenvalue weighted by Crippen LogP contribution is 1.92. The van der Waals surface area contributed by atoms with E-state index in [1.807, 2.05) is 0 Å². The summed E-state index contributed by atoms with van der Waals surface area (Å²) < 4.78 is 29.1. The molecule has 2 N–H and O–H groups in total. The Morgan fingerprint density at radius 2 is 2.10 bits per heavy atom. The van der Waals surface area contributed by atoms with Gasteiger partial charge in [-0.1, -0.05) is 0 Å². The van der Waals surface area contributed by atoms with Crippen LogP contribution >= 0.6 is 0 Å². The fourth-order valence-electron chi connectivity index (χ4n) is 0.292. The third kappa shape index (κ3) is 4.68. The first-order valence-electron chi connectivity index (χ1n) is 2.77. The van der Waals surface area contributed by atoms with Crippen molar-refractivity contribution in [2.45, 2.75) is 6.42 Å². The minimum absolute atomic E-state index is 0.0761. The van der Waals surface area contributed by atoms with Gasteiger partial charge in [0.05, 0.1) is 13.7 Å². The van der Waals surface area contributed by atoms with Crippen molar-refractivity contribution in [1.82, 2.24) is 0 Å². The molecule has 0 amide bonds. The van der Waals surface area contributed by atoms with E-state index in [9.17, 15) is 8.42 Å². The second-order valence-electron chi connectivity index (χ2n) is 1.54. The Hall–Kier alpha value is -0.170. The van der Waals surface area contributed by atoms with E-state index in [4.69, 9.17) is 5.73 Å². The van der Waals surface area contributed by atoms with E-state index in [0.717, 1.165) is 7.11 Å². The Morgan fingerprint density at radius 3 is 2.50 bits per heavy atom. The van der Waals surface area contributed by atoms with E-state index in [2.05, 4.69) is 8.37 Å². The zero-order valence-electron chi connectivity index (χ0n) is 5.74. The van der Waals surface area contributed by atoms with Crippen LogP contribution in [0.25, 0.3) is 0 Å². The van der Waals surface area contributed by atoms with Crippen LogP contribution in [-0.4, -0.2) is 28.7 Å². The van der Waals surface area contributed by atoms with Crippen molar-refractivity contribution in [2.75, 3.05) is 20.3 Å². The van der Waals surface area contributed by atoms with Gasteiger partial charge in [-0.2, -0.15) is 8.42 Å². The molecule has 0 aliphatic heterocycles. The zero-order valence-corrected chi connectivity index (χ0v) is 6.56. The Balaban J connectivity index is 3.49. The molecule has 0 saturated heterocycles. The molecule has 10 heavy (non-hydrogen) atoms. The first kappa shape index (κ1) is 9.83. The van der Waals surface area contributed by atoms with E-state index in [-0.39, 0.29) is 6.61 Å². The number of hydrogen-bond donors (Lipinski definition) is 1. The maximum absolute atomic E-state index is 10.4. The van der Waals surface area contributed by atoms with Gasteiger partial charge in [-0.3, -0.25) is 4.18 Å². The van der Waals surface area contributed by atoms with Gasteiger partial charge < -0.3 is 5.73 Å². The predicted molar refractivity (Wildman–Crippen MR) is 35.6 cm³/mol. The topological polar surface area (TPSA) is 78.6 Å². The molecule has 0 rings (SSSR count). The molecule has 0 aromatic rings. The Kier molecular flexibility index (Phi) is 4.54. The summed E-state index contributed by atoms with van der Waals surface area (Å²) in [7, 11) is -2.71. The van der Waals surface area contributed by atoms with Crippen molar-refractivity contribution >= 4 is 10.4 Å². The smallest absolute Gasteiger partial charge is 0.330 e. The van der Waals surface area contributed by atoms with Gasteiger partial charge in [-0.05, 0) is 13.0 Å².